The summed E-state index contributed by atoms with van der Waals surface area (Å²) in [7, 11) is 0. The lowest BCUT2D eigenvalue weighted by molar-refractivity contribution is -0.139. The molecule has 0 spiro atoms. The van der Waals surface area contributed by atoms with Crippen molar-refractivity contribution in [3.8, 4) is 0 Å². The number of ether oxygens (including phenoxy) is 1. The number of carboxylic acids is 1. The Morgan fingerprint density at radius 2 is 1.67 bits per heavy atom. The van der Waals surface area contributed by atoms with Gasteiger partial charge in [0.2, 0.25) is 5.91 Å². The summed E-state index contributed by atoms with van der Waals surface area (Å²) in [5.41, 5.74) is 0.930. The van der Waals surface area contributed by atoms with Gasteiger partial charge < -0.3 is 20.3 Å². The molecule has 1 amide bonds. The molecule has 0 saturated heterocycles. The van der Waals surface area contributed by atoms with Crippen molar-refractivity contribution in [1.82, 2.24) is 5.32 Å². The first-order valence-electron chi connectivity index (χ1n) is 7.36. The molecule has 0 unspecified atom stereocenters. The van der Waals surface area contributed by atoms with Crippen LogP contribution in [0.4, 0.5) is 0 Å². The van der Waals surface area contributed by atoms with Crippen LogP contribution in [-0.4, -0.2) is 47.8 Å². The molecule has 0 aromatic rings. The highest BCUT2D eigenvalue weighted by atomic mass is 16.5. The highest BCUT2D eigenvalue weighted by Crippen LogP contribution is 1.94. The van der Waals surface area contributed by atoms with E-state index in [1.165, 1.54) is 0 Å². The summed E-state index contributed by atoms with van der Waals surface area (Å²) in [6.07, 6.45) is 2.81. The first-order chi connectivity index (χ1) is 11.1. The zero-order chi connectivity index (χ0) is 19.5. The Morgan fingerprint density at radius 1 is 1.17 bits per heavy atom. The van der Waals surface area contributed by atoms with Gasteiger partial charge in [-0.2, -0.15) is 0 Å². The molecule has 7 heteroatoms. The van der Waals surface area contributed by atoms with Crippen LogP contribution in [0.1, 0.15) is 33.6 Å². The van der Waals surface area contributed by atoms with Crippen molar-refractivity contribution in [3.63, 3.8) is 0 Å². The number of aliphatic hydroxyl groups excluding tert-OH is 1. The minimum absolute atomic E-state index is 0.0288. The van der Waals surface area contributed by atoms with Gasteiger partial charge in [0.25, 0.3) is 0 Å². The van der Waals surface area contributed by atoms with Gasteiger partial charge in [-0.3, -0.25) is 4.79 Å². The number of unbranched alkanes of at least 4 members (excludes halogenated alkanes) is 1. The van der Waals surface area contributed by atoms with Crippen molar-refractivity contribution in [2.24, 2.45) is 0 Å². The molecule has 0 aliphatic carbocycles. The van der Waals surface area contributed by atoms with Gasteiger partial charge in [0.15, 0.2) is 0 Å². The second kappa shape index (κ2) is 18.6. The van der Waals surface area contributed by atoms with Gasteiger partial charge >= 0.3 is 11.9 Å². The second-order valence-electron chi connectivity index (χ2n) is 4.57. The lowest BCUT2D eigenvalue weighted by Gasteiger charge is -2.01. The maximum Gasteiger partial charge on any atom is 0.333 e. The number of carbonyl (C=O) groups is 3. The molecule has 7 nitrogen and oxygen atoms in total. The Bertz CT molecular complexity index is 429. The molecule has 0 atom stereocenters. The molecule has 138 valence electrons. The van der Waals surface area contributed by atoms with Crippen LogP contribution in [0.5, 0.6) is 0 Å². The number of esters is 1. The van der Waals surface area contributed by atoms with Crippen LogP contribution in [0.3, 0.4) is 0 Å². The van der Waals surface area contributed by atoms with E-state index >= 15 is 0 Å². The minimum atomic E-state index is -0.981. The maximum absolute atomic E-state index is 10.7. The molecule has 0 heterocycles. The SMILES string of the molecule is C=C(C)C(=O)NCCO.C=C(C)C(=O)OCCCC.C=CC(=O)O. The summed E-state index contributed by atoms with van der Waals surface area (Å²) < 4.78 is 4.81. The number of carbonyl (C=O) groups excluding carboxylic acids is 2. The number of rotatable bonds is 8. The van der Waals surface area contributed by atoms with Crippen molar-refractivity contribution in [1.29, 1.82) is 0 Å². The summed E-state index contributed by atoms with van der Waals surface area (Å²) in [5, 5.41) is 18.3. The maximum atomic E-state index is 10.7. The predicted molar refractivity (Wildman–Crippen MR) is 93.4 cm³/mol. The first-order valence-corrected chi connectivity index (χ1v) is 7.36. The van der Waals surface area contributed by atoms with E-state index in [0.717, 1.165) is 18.9 Å². The zero-order valence-corrected chi connectivity index (χ0v) is 14.8. The van der Waals surface area contributed by atoms with Gasteiger partial charge in [0.05, 0.1) is 13.2 Å². The third kappa shape index (κ3) is 24.6. The van der Waals surface area contributed by atoms with Gasteiger partial charge in [-0.05, 0) is 20.3 Å². The van der Waals surface area contributed by atoms with Crippen LogP contribution in [-0.2, 0) is 19.1 Å². The van der Waals surface area contributed by atoms with Crippen LogP contribution in [0.15, 0.2) is 37.0 Å². The molecule has 0 aliphatic heterocycles. The zero-order valence-electron chi connectivity index (χ0n) is 14.8. The van der Waals surface area contributed by atoms with Crippen LogP contribution in [0, 0.1) is 0 Å². The molecule has 0 aromatic heterocycles. The Morgan fingerprint density at radius 3 is 1.96 bits per heavy atom. The van der Waals surface area contributed by atoms with Gasteiger partial charge in [0, 0.05) is 23.8 Å². The Labute approximate surface area is 143 Å². The highest BCUT2D eigenvalue weighted by Gasteiger charge is 2.00. The number of aliphatic hydroxyl groups is 1. The average Bonchev–Trinajstić information content (AvgIpc) is 2.53. The summed E-state index contributed by atoms with van der Waals surface area (Å²) >= 11 is 0. The highest BCUT2D eigenvalue weighted by molar-refractivity contribution is 5.92. The second-order valence-corrected chi connectivity index (χ2v) is 4.57. The van der Waals surface area contributed by atoms with E-state index in [-0.39, 0.29) is 18.5 Å². The van der Waals surface area contributed by atoms with E-state index in [1.54, 1.807) is 13.8 Å². The van der Waals surface area contributed by atoms with E-state index in [4.69, 9.17) is 14.9 Å². The Hall–Kier alpha value is -2.41. The van der Waals surface area contributed by atoms with E-state index in [0.29, 0.717) is 24.3 Å². The number of carboxylic acid groups (broad SMARTS) is 1. The van der Waals surface area contributed by atoms with Gasteiger partial charge in [0.1, 0.15) is 0 Å². The number of amides is 1. The molecule has 0 rings (SSSR count). The fourth-order valence-corrected chi connectivity index (χ4v) is 0.753. The standard InChI is InChI=1S/C8H14O2.C6H11NO2.C3H4O2/c1-4-5-6-10-8(9)7(2)3;1-5(2)6(9)7-3-4-8;1-2-3(4)5/h2,4-6H2,1,3H3;8H,1,3-4H2,2H3,(H,7,9);2H,1H2,(H,4,5). The predicted octanol–water partition coefficient (Wildman–Crippen LogP) is 1.83. The molecule has 0 aliphatic rings. The normalized spacial score (nSPS) is 8.33. The van der Waals surface area contributed by atoms with Gasteiger partial charge in [-0.15, -0.1) is 0 Å². The monoisotopic (exact) mass is 343 g/mol. The number of aliphatic carboxylic acids is 1. The van der Waals surface area contributed by atoms with Crippen LogP contribution in [0.2, 0.25) is 0 Å². The average molecular weight is 343 g/mol. The summed E-state index contributed by atoms with van der Waals surface area (Å²) in [6, 6.07) is 0. The van der Waals surface area contributed by atoms with Gasteiger partial charge in [-0.25, -0.2) is 9.59 Å². The van der Waals surface area contributed by atoms with Crippen LogP contribution in [0.25, 0.3) is 0 Å². The third-order valence-corrected chi connectivity index (χ3v) is 2.04. The number of nitrogens with one attached hydrogen (secondary N) is 1. The fraction of sp³-hybridized carbons (Fsp3) is 0.471. The summed E-state index contributed by atoms with van der Waals surface area (Å²) in [6.45, 7) is 15.9. The van der Waals surface area contributed by atoms with Gasteiger partial charge in [-0.1, -0.05) is 33.1 Å². The summed E-state index contributed by atoms with van der Waals surface area (Å²) in [4.78, 5) is 30.5. The van der Waals surface area contributed by atoms with Crippen molar-refractivity contribution in [3.05, 3.63) is 37.0 Å². The molecule has 0 aromatic carbocycles. The molecule has 3 N–H and O–H groups in total. The van der Waals surface area contributed by atoms with E-state index in [1.807, 2.05) is 0 Å². The molecule has 0 saturated carbocycles. The molecular formula is C17H29NO6. The number of hydrogen-bond donors (Lipinski definition) is 3. The molecule has 0 bridgehead atoms. The largest absolute Gasteiger partial charge is 0.478 e. The molecule has 0 radical (unpaired) electrons. The van der Waals surface area contributed by atoms with E-state index < -0.39 is 5.97 Å². The first kappa shape index (κ1) is 26.5. The van der Waals surface area contributed by atoms with Crippen molar-refractivity contribution in [2.75, 3.05) is 19.8 Å². The quantitative estimate of drug-likeness (QED) is 0.352. The Balaban J connectivity index is -0.000000291. The fourth-order valence-electron chi connectivity index (χ4n) is 0.753. The van der Waals surface area contributed by atoms with Crippen molar-refractivity contribution >= 4 is 17.8 Å². The third-order valence-electron chi connectivity index (χ3n) is 2.04. The molecular weight excluding hydrogens is 314 g/mol. The lowest BCUT2D eigenvalue weighted by atomic mass is 10.3. The Kier molecular flexibility index (Phi) is 20.6. The molecule has 0 fully saturated rings. The van der Waals surface area contributed by atoms with Crippen LogP contribution < -0.4 is 5.32 Å². The van der Waals surface area contributed by atoms with E-state index in [2.05, 4.69) is 32.0 Å². The number of hydrogen-bond acceptors (Lipinski definition) is 5. The topological polar surface area (TPSA) is 113 Å². The van der Waals surface area contributed by atoms with Crippen molar-refractivity contribution in [2.45, 2.75) is 33.6 Å². The molecule has 24 heavy (non-hydrogen) atoms. The minimum Gasteiger partial charge on any atom is -0.478 e. The summed E-state index contributed by atoms with van der Waals surface area (Å²) in [5.74, 6) is -1.47. The van der Waals surface area contributed by atoms with E-state index in [9.17, 15) is 14.4 Å². The van der Waals surface area contributed by atoms with Crippen molar-refractivity contribution < 1.29 is 29.3 Å². The van der Waals surface area contributed by atoms with Crippen LogP contribution >= 0.6 is 0 Å². The lowest BCUT2D eigenvalue weighted by Crippen LogP contribution is -2.26. The smallest absolute Gasteiger partial charge is 0.333 e.